The van der Waals surface area contributed by atoms with Crippen LogP contribution in [0.2, 0.25) is 0 Å². The van der Waals surface area contributed by atoms with Crippen LogP contribution in [0.15, 0.2) is 0 Å². The van der Waals surface area contributed by atoms with E-state index in [0.29, 0.717) is 32.2 Å². The summed E-state index contributed by atoms with van der Waals surface area (Å²) >= 11 is 0. The molecule has 9 N–H and O–H groups in total. The zero-order valence-electron chi connectivity index (χ0n) is 17.9. The summed E-state index contributed by atoms with van der Waals surface area (Å²) in [6, 6.07) is -4.64. The summed E-state index contributed by atoms with van der Waals surface area (Å²) in [6.45, 7) is 0.0288. The van der Waals surface area contributed by atoms with Crippen molar-refractivity contribution in [2.24, 2.45) is 11.5 Å². The normalized spacial score (nSPS) is 18.5. The number of aliphatic hydroxyl groups is 1. The molecule has 1 heterocycles. The number of hydrogen-bond donors (Lipinski definition) is 7. The van der Waals surface area contributed by atoms with E-state index in [1.165, 1.54) is 4.90 Å². The SMILES string of the molecule is NCCCC[C@H](NC(=O)[C@H](CCC(=O)O)NC(=O)[C@@H]1CCCN1C(=O)[C@@H](N)CO)C(=O)O. The largest absolute Gasteiger partial charge is 0.481 e. The number of unbranched alkanes of at least 4 members (excludes halogenated alkanes) is 1. The van der Waals surface area contributed by atoms with Crippen molar-refractivity contribution < 1.29 is 39.3 Å². The molecule has 182 valence electrons. The van der Waals surface area contributed by atoms with Gasteiger partial charge in [-0.05, 0) is 45.1 Å². The van der Waals surface area contributed by atoms with E-state index in [2.05, 4.69) is 10.6 Å². The van der Waals surface area contributed by atoms with Crippen LogP contribution in [0, 0.1) is 0 Å². The van der Waals surface area contributed by atoms with Gasteiger partial charge in [0.15, 0.2) is 0 Å². The summed E-state index contributed by atoms with van der Waals surface area (Å²) < 4.78 is 0. The molecule has 1 fully saturated rings. The van der Waals surface area contributed by atoms with Crippen LogP contribution in [0.1, 0.15) is 44.9 Å². The third kappa shape index (κ3) is 8.40. The molecule has 13 nitrogen and oxygen atoms in total. The van der Waals surface area contributed by atoms with Crippen LogP contribution in [0.5, 0.6) is 0 Å². The van der Waals surface area contributed by atoms with Crippen LogP contribution >= 0.6 is 0 Å². The third-order valence-corrected chi connectivity index (χ3v) is 5.19. The molecule has 0 aromatic rings. The van der Waals surface area contributed by atoms with E-state index in [-0.39, 0.29) is 19.4 Å². The van der Waals surface area contributed by atoms with Crippen LogP contribution in [-0.2, 0) is 24.0 Å². The first kappa shape index (κ1) is 27.3. The molecule has 1 rings (SSSR count). The predicted molar refractivity (Wildman–Crippen MR) is 111 cm³/mol. The number of nitrogens with one attached hydrogen (secondary N) is 2. The van der Waals surface area contributed by atoms with E-state index in [1.54, 1.807) is 0 Å². The fourth-order valence-corrected chi connectivity index (χ4v) is 3.42. The molecular weight excluding hydrogens is 426 g/mol. The van der Waals surface area contributed by atoms with E-state index in [1.807, 2.05) is 0 Å². The summed E-state index contributed by atoms with van der Waals surface area (Å²) in [4.78, 5) is 61.4. The summed E-state index contributed by atoms with van der Waals surface area (Å²) in [5, 5.41) is 32.2. The number of nitrogens with two attached hydrogens (primary N) is 2. The lowest BCUT2D eigenvalue weighted by molar-refractivity contribution is -0.144. The number of hydrogen-bond acceptors (Lipinski definition) is 8. The van der Waals surface area contributed by atoms with Crippen LogP contribution in [0.3, 0.4) is 0 Å². The van der Waals surface area contributed by atoms with Gasteiger partial charge in [0.25, 0.3) is 0 Å². The molecule has 0 spiro atoms. The number of aliphatic carboxylic acids is 2. The van der Waals surface area contributed by atoms with Gasteiger partial charge in [0.05, 0.1) is 6.61 Å². The number of carbonyl (C=O) groups is 5. The van der Waals surface area contributed by atoms with Crippen molar-refractivity contribution in [3.63, 3.8) is 0 Å². The molecule has 1 aliphatic heterocycles. The van der Waals surface area contributed by atoms with E-state index in [0.717, 1.165) is 0 Å². The third-order valence-electron chi connectivity index (χ3n) is 5.19. The number of aliphatic hydroxyl groups excluding tert-OH is 1. The van der Waals surface area contributed by atoms with Crippen molar-refractivity contribution >= 4 is 29.7 Å². The summed E-state index contributed by atoms with van der Waals surface area (Å²) in [5.41, 5.74) is 11.0. The Morgan fingerprint density at radius 1 is 1.03 bits per heavy atom. The molecule has 0 saturated carbocycles. The maximum atomic E-state index is 12.8. The van der Waals surface area contributed by atoms with Crippen molar-refractivity contribution in [1.29, 1.82) is 0 Å². The van der Waals surface area contributed by atoms with Crippen molar-refractivity contribution in [3.8, 4) is 0 Å². The Morgan fingerprint density at radius 2 is 1.72 bits per heavy atom. The van der Waals surface area contributed by atoms with Gasteiger partial charge in [-0.1, -0.05) is 0 Å². The standard InChI is InChI=1S/C19H33N5O8/c20-8-2-1-4-13(19(31)32)23-16(28)12(6-7-15(26)27)22-17(29)14-5-3-9-24(14)18(30)11(21)10-25/h11-14,25H,1-10,20-21H2,(H,22,29)(H,23,28)(H,26,27)(H,31,32)/t11-,12-,13-,14-/m0/s1. The Morgan fingerprint density at radius 3 is 2.28 bits per heavy atom. The maximum Gasteiger partial charge on any atom is 0.326 e. The van der Waals surface area contributed by atoms with Gasteiger partial charge in [0, 0.05) is 13.0 Å². The minimum atomic E-state index is -1.31. The van der Waals surface area contributed by atoms with Gasteiger partial charge in [0.2, 0.25) is 17.7 Å². The van der Waals surface area contributed by atoms with Gasteiger partial charge in [-0.2, -0.15) is 0 Å². The van der Waals surface area contributed by atoms with E-state index >= 15 is 0 Å². The van der Waals surface area contributed by atoms with Gasteiger partial charge < -0.3 is 42.3 Å². The van der Waals surface area contributed by atoms with Crippen molar-refractivity contribution in [3.05, 3.63) is 0 Å². The molecular formula is C19H33N5O8. The van der Waals surface area contributed by atoms with Crippen molar-refractivity contribution in [2.45, 2.75) is 69.1 Å². The fourth-order valence-electron chi connectivity index (χ4n) is 3.42. The van der Waals surface area contributed by atoms with E-state index in [9.17, 15) is 29.1 Å². The second-order valence-electron chi connectivity index (χ2n) is 7.66. The highest BCUT2D eigenvalue weighted by atomic mass is 16.4. The number of amides is 3. The summed E-state index contributed by atoms with van der Waals surface area (Å²) in [6.07, 6.45) is 1.27. The quantitative estimate of drug-likeness (QED) is 0.133. The average Bonchev–Trinajstić information content (AvgIpc) is 3.24. The monoisotopic (exact) mass is 459 g/mol. The molecule has 4 atom stereocenters. The highest BCUT2D eigenvalue weighted by Gasteiger charge is 2.37. The van der Waals surface area contributed by atoms with Crippen LogP contribution < -0.4 is 22.1 Å². The van der Waals surface area contributed by atoms with Crippen LogP contribution in [0.4, 0.5) is 0 Å². The Bertz CT molecular complexity index is 689. The number of nitrogens with zero attached hydrogens (tertiary/aromatic N) is 1. The summed E-state index contributed by atoms with van der Waals surface area (Å²) in [7, 11) is 0. The number of carbonyl (C=O) groups excluding carboxylic acids is 3. The second-order valence-corrected chi connectivity index (χ2v) is 7.66. The molecule has 32 heavy (non-hydrogen) atoms. The Labute approximate surface area is 185 Å². The number of carboxylic acid groups (broad SMARTS) is 2. The first-order chi connectivity index (χ1) is 15.1. The van der Waals surface area contributed by atoms with Crippen molar-refractivity contribution in [2.75, 3.05) is 19.7 Å². The number of carboxylic acids is 2. The predicted octanol–water partition coefficient (Wildman–Crippen LogP) is -2.65. The second kappa shape index (κ2) is 13.6. The highest BCUT2D eigenvalue weighted by Crippen LogP contribution is 2.19. The summed E-state index contributed by atoms with van der Waals surface area (Å²) in [5.74, 6) is -4.57. The van der Waals surface area contributed by atoms with E-state index < -0.39 is 66.9 Å². The molecule has 3 amide bonds. The average molecular weight is 460 g/mol. The zero-order chi connectivity index (χ0) is 24.3. The van der Waals surface area contributed by atoms with Gasteiger partial charge in [-0.15, -0.1) is 0 Å². The van der Waals surface area contributed by atoms with Gasteiger partial charge in [0.1, 0.15) is 24.2 Å². The molecule has 13 heteroatoms. The van der Waals surface area contributed by atoms with Gasteiger partial charge >= 0.3 is 11.9 Å². The first-order valence-electron chi connectivity index (χ1n) is 10.5. The molecule has 0 radical (unpaired) electrons. The molecule has 1 aliphatic rings. The van der Waals surface area contributed by atoms with Crippen molar-refractivity contribution in [1.82, 2.24) is 15.5 Å². The smallest absolute Gasteiger partial charge is 0.326 e. The van der Waals surface area contributed by atoms with Gasteiger partial charge in [-0.25, -0.2) is 4.79 Å². The lowest BCUT2D eigenvalue weighted by atomic mass is 10.1. The zero-order valence-corrected chi connectivity index (χ0v) is 17.9. The lowest BCUT2D eigenvalue weighted by Gasteiger charge is -2.28. The highest BCUT2D eigenvalue weighted by molar-refractivity contribution is 5.94. The molecule has 0 unspecified atom stereocenters. The number of rotatable bonds is 14. The van der Waals surface area contributed by atoms with Crippen LogP contribution in [0.25, 0.3) is 0 Å². The maximum absolute atomic E-state index is 12.8. The Hall–Kier alpha value is -2.77. The fraction of sp³-hybridized carbons (Fsp3) is 0.737. The van der Waals surface area contributed by atoms with Gasteiger partial charge in [-0.3, -0.25) is 19.2 Å². The number of likely N-dealkylation sites (tertiary alicyclic amines) is 1. The first-order valence-corrected chi connectivity index (χ1v) is 10.5. The van der Waals surface area contributed by atoms with E-state index in [4.69, 9.17) is 21.7 Å². The molecule has 0 aromatic heterocycles. The molecule has 0 aliphatic carbocycles. The Balaban J connectivity index is 2.89. The lowest BCUT2D eigenvalue weighted by Crippen LogP contribution is -2.57. The minimum Gasteiger partial charge on any atom is -0.481 e. The molecule has 0 aromatic carbocycles. The molecule has 1 saturated heterocycles. The topological polar surface area (TPSA) is 225 Å². The minimum absolute atomic E-state index is 0.127. The van der Waals surface area contributed by atoms with Crippen LogP contribution in [-0.4, -0.2) is 93.7 Å². The Kier molecular flexibility index (Phi) is 11.6. The molecule has 0 bridgehead atoms.